The molecule has 0 saturated carbocycles. The molecule has 0 heterocycles. The Morgan fingerprint density at radius 3 is 2.78 bits per heavy atom. The second-order valence-corrected chi connectivity index (χ2v) is 3.77. The second kappa shape index (κ2) is 8.25. The molecule has 1 atom stereocenters. The maximum atomic E-state index is 11.3. The topological polar surface area (TPSA) is 35.5 Å². The van der Waals surface area contributed by atoms with Gasteiger partial charge in [-0.3, -0.25) is 0 Å². The molecule has 0 radical (unpaired) electrons. The van der Waals surface area contributed by atoms with Crippen molar-refractivity contribution in [3.63, 3.8) is 0 Å². The van der Waals surface area contributed by atoms with Crippen LogP contribution in [-0.2, 0) is 14.3 Å². The first-order valence-electron chi connectivity index (χ1n) is 5.83. The molecule has 0 aromatic heterocycles. The molecule has 3 nitrogen and oxygen atoms in total. The highest BCUT2D eigenvalue weighted by Crippen LogP contribution is 2.03. The standard InChI is InChI=1S/C15H18O3/c1-3-11-17-12-15(16)18-13(2)9-10-14-7-5-4-6-8-14/h3-10,13H,1,11-12H2,2H3/b10-9+/t13-/m1/s1. The number of carbonyl (C=O) groups is 1. The van der Waals surface area contributed by atoms with E-state index >= 15 is 0 Å². The van der Waals surface area contributed by atoms with Gasteiger partial charge in [0.25, 0.3) is 0 Å². The molecule has 3 heteroatoms. The molecule has 18 heavy (non-hydrogen) atoms. The Labute approximate surface area is 108 Å². The lowest BCUT2D eigenvalue weighted by molar-refractivity contribution is -0.151. The summed E-state index contributed by atoms with van der Waals surface area (Å²) < 4.78 is 10.1. The third kappa shape index (κ3) is 6.01. The van der Waals surface area contributed by atoms with Crippen LogP contribution >= 0.6 is 0 Å². The van der Waals surface area contributed by atoms with Crippen molar-refractivity contribution < 1.29 is 14.3 Å². The van der Waals surface area contributed by atoms with E-state index in [1.807, 2.05) is 49.4 Å². The van der Waals surface area contributed by atoms with Crippen LogP contribution in [0.4, 0.5) is 0 Å². The molecule has 0 amide bonds. The van der Waals surface area contributed by atoms with Crippen LogP contribution in [-0.4, -0.2) is 25.3 Å². The van der Waals surface area contributed by atoms with Gasteiger partial charge in [-0.2, -0.15) is 0 Å². The summed E-state index contributed by atoms with van der Waals surface area (Å²) in [6, 6.07) is 9.84. The molecule has 1 rings (SSSR count). The van der Waals surface area contributed by atoms with Crippen LogP contribution in [0.1, 0.15) is 12.5 Å². The molecule has 0 unspecified atom stereocenters. The molecule has 1 aromatic carbocycles. The summed E-state index contributed by atoms with van der Waals surface area (Å²) in [7, 11) is 0. The van der Waals surface area contributed by atoms with Crippen molar-refractivity contribution in [2.24, 2.45) is 0 Å². The molecule has 0 fully saturated rings. The Hall–Kier alpha value is -1.87. The monoisotopic (exact) mass is 246 g/mol. The smallest absolute Gasteiger partial charge is 0.332 e. The van der Waals surface area contributed by atoms with Crippen molar-refractivity contribution in [3.05, 3.63) is 54.6 Å². The van der Waals surface area contributed by atoms with Gasteiger partial charge in [-0.05, 0) is 18.6 Å². The van der Waals surface area contributed by atoms with E-state index in [2.05, 4.69) is 6.58 Å². The average molecular weight is 246 g/mol. The summed E-state index contributed by atoms with van der Waals surface area (Å²) in [6.07, 6.45) is 5.07. The fourth-order valence-corrected chi connectivity index (χ4v) is 1.32. The Kier molecular flexibility index (Phi) is 6.51. The third-order valence-electron chi connectivity index (χ3n) is 2.13. The van der Waals surface area contributed by atoms with Crippen LogP contribution in [0.2, 0.25) is 0 Å². The highest BCUT2D eigenvalue weighted by molar-refractivity contribution is 5.71. The van der Waals surface area contributed by atoms with Crippen LogP contribution in [0.15, 0.2) is 49.1 Å². The van der Waals surface area contributed by atoms with Crippen molar-refractivity contribution in [1.29, 1.82) is 0 Å². The predicted octanol–water partition coefficient (Wildman–Crippen LogP) is 2.83. The van der Waals surface area contributed by atoms with Crippen LogP contribution in [0, 0.1) is 0 Å². The zero-order chi connectivity index (χ0) is 13.2. The highest BCUT2D eigenvalue weighted by Gasteiger charge is 2.06. The summed E-state index contributed by atoms with van der Waals surface area (Å²) in [5.74, 6) is -0.373. The summed E-state index contributed by atoms with van der Waals surface area (Å²) in [6.45, 7) is 5.61. The third-order valence-corrected chi connectivity index (χ3v) is 2.13. The minimum atomic E-state index is -0.373. The Morgan fingerprint density at radius 1 is 1.39 bits per heavy atom. The van der Waals surface area contributed by atoms with E-state index in [0.29, 0.717) is 6.61 Å². The van der Waals surface area contributed by atoms with Gasteiger partial charge in [0.15, 0.2) is 0 Å². The minimum absolute atomic E-state index is 0.0461. The number of carbonyl (C=O) groups excluding carboxylic acids is 1. The second-order valence-electron chi connectivity index (χ2n) is 3.77. The Morgan fingerprint density at radius 2 is 2.11 bits per heavy atom. The first-order valence-corrected chi connectivity index (χ1v) is 5.83. The maximum Gasteiger partial charge on any atom is 0.332 e. The molecule has 0 aliphatic heterocycles. The van der Waals surface area contributed by atoms with Gasteiger partial charge in [-0.15, -0.1) is 6.58 Å². The largest absolute Gasteiger partial charge is 0.457 e. The first-order chi connectivity index (χ1) is 8.72. The van der Waals surface area contributed by atoms with Crippen molar-refractivity contribution in [2.45, 2.75) is 13.0 Å². The minimum Gasteiger partial charge on any atom is -0.457 e. The molecular weight excluding hydrogens is 228 g/mol. The lowest BCUT2D eigenvalue weighted by Crippen LogP contribution is -2.17. The predicted molar refractivity (Wildman–Crippen MR) is 72.0 cm³/mol. The number of esters is 1. The van der Waals surface area contributed by atoms with Gasteiger partial charge in [0.1, 0.15) is 12.7 Å². The molecule has 0 spiro atoms. The molecule has 0 N–H and O–H groups in total. The summed E-state index contributed by atoms with van der Waals surface area (Å²) in [4.78, 5) is 11.3. The van der Waals surface area contributed by atoms with Crippen molar-refractivity contribution >= 4 is 12.0 Å². The summed E-state index contributed by atoms with van der Waals surface area (Å²) >= 11 is 0. The fourth-order valence-electron chi connectivity index (χ4n) is 1.32. The van der Waals surface area contributed by atoms with E-state index in [9.17, 15) is 4.79 Å². The van der Waals surface area contributed by atoms with Gasteiger partial charge >= 0.3 is 5.97 Å². The lowest BCUT2D eigenvalue weighted by atomic mass is 10.2. The maximum absolute atomic E-state index is 11.3. The van der Waals surface area contributed by atoms with E-state index in [1.54, 1.807) is 6.08 Å². The SMILES string of the molecule is C=CCOCC(=O)O[C@H](C)/C=C/c1ccccc1. The van der Waals surface area contributed by atoms with Gasteiger partial charge in [0.2, 0.25) is 0 Å². The van der Waals surface area contributed by atoms with Crippen molar-refractivity contribution in [2.75, 3.05) is 13.2 Å². The molecule has 96 valence electrons. The Bertz CT molecular complexity index is 395. The van der Waals surface area contributed by atoms with Crippen molar-refractivity contribution in [3.8, 4) is 0 Å². The van der Waals surface area contributed by atoms with Crippen molar-refractivity contribution in [1.82, 2.24) is 0 Å². The zero-order valence-electron chi connectivity index (χ0n) is 10.5. The molecule has 0 bridgehead atoms. The van der Waals surface area contributed by atoms with Gasteiger partial charge < -0.3 is 9.47 Å². The highest BCUT2D eigenvalue weighted by atomic mass is 16.6. The average Bonchev–Trinajstić information content (AvgIpc) is 2.38. The zero-order valence-corrected chi connectivity index (χ0v) is 10.5. The fraction of sp³-hybridized carbons (Fsp3) is 0.267. The number of hydrogen-bond acceptors (Lipinski definition) is 3. The normalized spacial score (nSPS) is 12.3. The molecule has 0 aliphatic carbocycles. The van der Waals surface area contributed by atoms with Crippen LogP contribution in [0.5, 0.6) is 0 Å². The quantitative estimate of drug-likeness (QED) is 0.421. The van der Waals surface area contributed by atoms with Gasteiger partial charge in [0.05, 0.1) is 6.61 Å². The van der Waals surface area contributed by atoms with Crippen LogP contribution in [0.25, 0.3) is 6.08 Å². The van der Waals surface area contributed by atoms with E-state index in [4.69, 9.17) is 9.47 Å². The number of hydrogen-bond donors (Lipinski definition) is 0. The lowest BCUT2D eigenvalue weighted by Gasteiger charge is -2.08. The number of rotatable bonds is 7. The van der Waals surface area contributed by atoms with E-state index in [-0.39, 0.29) is 18.7 Å². The van der Waals surface area contributed by atoms with Gasteiger partial charge in [-0.25, -0.2) is 4.79 Å². The van der Waals surface area contributed by atoms with Gasteiger partial charge in [-0.1, -0.05) is 42.5 Å². The molecule has 0 aliphatic rings. The van der Waals surface area contributed by atoms with Crippen LogP contribution in [0.3, 0.4) is 0 Å². The first kappa shape index (κ1) is 14.2. The molecule has 1 aromatic rings. The van der Waals surface area contributed by atoms with Crippen LogP contribution < -0.4 is 0 Å². The van der Waals surface area contributed by atoms with E-state index in [0.717, 1.165) is 5.56 Å². The summed E-state index contributed by atoms with van der Waals surface area (Å²) in [5.41, 5.74) is 1.07. The van der Waals surface area contributed by atoms with E-state index in [1.165, 1.54) is 0 Å². The number of benzene rings is 1. The molecular formula is C15H18O3. The molecule has 0 saturated heterocycles. The van der Waals surface area contributed by atoms with Gasteiger partial charge in [0, 0.05) is 0 Å². The summed E-state index contributed by atoms with van der Waals surface area (Å²) in [5, 5.41) is 0. The Balaban J connectivity index is 2.32. The van der Waals surface area contributed by atoms with E-state index < -0.39 is 0 Å². The number of ether oxygens (including phenoxy) is 2.